The van der Waals surface area contributed by atoms with Crippen LogP contribution in [-0.2, 0) is 0 Å². The fourth-order valence-electron chi connectivity index (χ4n) is 1.92. The lowest BCUT2D eigenvalue weighted by molar-refractivity contribution is 0.108. The van der Waals surface area contributed by atoms with Crippen LogP contribution in [-0.4, -0.2) is 36.1 Å². The Balaban J connectivity index is 2.49. The second-order valence-electron chi connectivity index (χ2n) is 4.11. The first kappa shape index (κ1) is 10.5. The fraction of sp³-hybridized carbons (Fsp3) is 0.900. The number of rotatable bonds is 2. The molecule has 1 N–H and O–H groups in total. The third-order valence-electron chi connectivity index (χ3n) is 2.70. The summed E-state index contributed by atoms with van der Waals surface area (Å²) in [6.45, 7) is 8.67. The van der Waals surface area contributed by atoms with Crippen molar-refractivity contribution in [3.63, 3.8) is 0 Å². The minimum absolute atomic E-state index is 0.364. The quantitative estimate of drug-likeness (QED) is 0.690. The maximum Gasteiger partial charge on any atom is 0.0638 e. The van der Waals surface area contributed by atoms with Crippen LogP contribution in [0.2, 0.25) is 0 Å². The van der Waals surface area contributed by atoms with Crippen LogP contribution < -0.4 is 5.32 Å². The Morgan fingerprint density at radius 2 is 2.31 bits per heavy atom. The average Bonchev–Trinajstić information content (AvgIpc) is 2.08. The van der Waals surface area contributed by atoms with Gasteiger partial charge in [0.25, 0.3) is 0 Å². The van der Waals surface area contributed by atoms with Gasteiger partial charge in [-0.15, -0.1) is 0 Å². The minimum atomic E-state index is 0.364. The number of piperazine rings is 1. The van der Waals surface area contributed by atoms with Crippen molar-refractivity contribution < 1.29 is 0 Å². The van der Waals surface area contributed by atoms with Gasteiger partial charge in [0.2, 0.25) is 0 Å². The Labute approximate surface area is 80.7 Å². The number of nitriles is 1. The van der Waals surface area contributed by atoms with E-state index < -0.39 is 0 Å². The molecule has 2 atom stereocenters. The molecule has 0 aromatic carbocycles. The van der Waals surface area contributed by atoms with Gasteiger partial charge in [-0.1, -0.05) is 0 Å². The predicted molar refractivity (Wildman–Crippen MR) is 53.3 cm³/mol. The second kappa shape index (κ2) is 4.59. The van der Waals surface area contributed by atoms with Crippen molar-refractivity contribution in [2.45, 2.75) is 45.3 Å². The predicted octanol–water partition coefficient (Wildman–Crippen LogP) is 0.971. The average molecular weight is 181 g/mol. The molecule has 1 rings (SSSR count). The SMILES string of the molecule is CC(C)N1CC(CC#N)NCC1C. The van der Waals surface area contributed by atoms with Gasteiger partial charge < -0.3 is 5.32 Å². The molecule has 1 aliphatic heterocycles. The molecule has 1 heterocycles. The third-order valence-corrected chi connectivity index (χ3v) is 2.70. The van der Waals surface area contributed by atoms with E-state index >= 15 is 0 Å². The molecule has 0 aromatic heterocycles. The van der Waals surface area contributed by atoms with Crippen LogP contribution in [0.1, 0.15) is 27.2 Å². The van der Waals surface area contributed by atoms with E-state index in [-0.39, 0.29) is 0 Å². The first-order chi connectivity index (χ1) is 6.15. The normalized spacial score (nSPS) is 30.4. The summed E-state index contributed by atoms with van der Waals surface area (Å²) >= 11 is 0. The molecular weight excluding hydrogens is 162 g/mol. The van der Waals surface area contributed by atoms with Crippen molar-refractivity contribution in [1.82, 2.24) is 10.2 Å². The van der Waals surface area contributed by atoms with Crippen LogP contribution in [0, 0.1) is 11.3 Å². The highest BCUT2D eigenvalue weighted by atomic mass is 15.2. The third kappa shape index (κ3) is 2.68. The van der Waals surface area contributed by atoms with Crippen LogP contribution >= 0.6 is 0 Å². The van der Waals surface area contributed by atoms with E-state index in [1.165, 1.54) is 0 Å². The summed E-state index contributed by atoms with van der Waals surface area (Å²) in [5.74, 6) is 0. The zero-order valence-electron chi connectivity index (χ0n) is 8.75. The number of nitrogens with zero attached hydrogens (tertiary/aromatic N) is 2. The Morgan fingerprint density at radius 1 is 1.62 bits per heavy atom. The molecule has 0 aromatic rings. The topological polar surface area (TPSA) is 39.1 Å². The van der Waals surface area contributed by atoms with Crippen LogP contribution in [0.3, 0.4) is 0 Å². The summed E-state index contributed by atoms with van der Waals surface area (Å²) in [5, 5.41) is 12.0. The van der Waals surface area contributed by atoms with Gasteiger partial charge in [0.15, 0.2) is 0 Å². The van der Waals surface area contributed by atoms with E-state index in [1.807, 2.05) is 0 Å². The molecule has 0 aliphatic carbocycles. The Morgan fingerprint density at radius 3 is 2.85 bits per heavy atom. The Kier molecular flexibility index (Phi) is 3.71. The van der Waals surface area contributed by atoms with Crippen molar-refractivity contribution >= 4 is 0 Å². The van der Waals surface area contributed by atoms with E-state index in [0.29, 0.717) is 24.5 Å². The molecule has 0 spiro atoms. The zero-order chi connectivity index (χ0) is 9.84. The molecule has 0 amide bonds. The van der Waals surface area contributed by atoms with Crippen molar-refractivity contribution in [1.29, 1.82) is 5.26 Å². The summed E-state index contributed by atoms with van der Waals surface area (Å²) in [6.07, 6.45) is 0.621. The Bertz CT molecular complexity index is 195. The van der Waals surface area contributed by atoms with Gasteiger partial charge >= 0.3 is 0 Å². The van der Waals surface area contributed by atoms with Gasteiger partial charge in [-0.2, -0.15) is 5.26 Å². The highest BCUT2D eigenvalue weighted by Crippen LogP contribution is 2.11. The molecule has 13 heavy (non-hydrogen) atoms. The standard InChI is InChI=1S/C10H19N3/c1-8(2)13-7-10(4-5-11)12-6-9(13)3/h8-10,12H,4,6-7H2,1-3H3. The lowest BCUT2D eigenvalue weighted by Crippen LogP contribution is -2.57. The van der Waals surface area contributed by atoms with Gasteiger partial charge in [0.1, 0.15) is 0 Å². The van der Waals surface area contributed by atoms with E-state index in [4.69, 9.17) is 5.26 Å². The molecule has 74 valence electrons. The van der Waals surface area contributed by atoms with Crippen LogP contribution in [0.15, 0.2) is 0 Å². The van der Waals surface area contributed by atoms with Crippen LogP contribution in [0.4, 0.5) is 0 Å². The summed E-state index contributed by atoms with van der Waals surface area (Å²) in [4.78, 5) is 2.46. The zero-order valence-corrected chi connectivity index (χ0v) is 8.75. The summed E-state index contributed by atoms with van der Waals surface area (Å²) < 4.78 is 0. The molecule has 1 fully saturated rings. The van der Waals surface area contributed by atoms with Gasteiger partial charge in [-0.3, -0.25) is 4.90 Å². The summed E-state index contributed by atoms with van der Waals surface area (Å²) in [5.41, 5.74) is 0. The molecule has 3 nitrogen and oxygen atoms in total. The number of hydrogen-bond acceptors (Lipinski definition) is 3. The molecule has 0 saturated carbocycles. The molecule has 1 aliphatic rings. The Hall–Kier alpha value is -0.590. The maximum atomic E-state index is 8.60. The molecule has 1 saturated heterocycles. The first-order valence-electron chi connectivity index (χ1n) is 5.01. The first-order valence-corrected chi connectivity index (χ1v) is 5.01. The van der Waals surface area contributed by atoms with E-state index in [0.717, 1.165) is 13.1 Å². The number of nitrogens with one attached hydrogen (secondary N) is 1. The van der Waals surface area contributed by atoms with Crippen molar-refractivity contribution in [2.75, 3.05) is 13.1 Å². The smallest absolute Gasteiger partial charge is 0.0638 e. The lowest BCUT2D eigenvalue weighted by atomic mass is 10.1. The number of hydrogen-bond donors (Lipinski definition) is 1. The summed E-state index contributed by atoms with van der Waals surface area (Å²) in [6, 6.07) is 3.76. The molecule has 0 radical (unpaired) electrons. The highest BCUT2D eigenvalue weighted by Gasteiger charge is 2.25. The maximum absolute atomic E-state index is 8.60. The van der Waals surface area contributed by atoms with Crippen molar-refractivity contribution in [3.05, 3.63) is 0 Å². The van der Waals surface area contributed by atoms with Gasteiger partial charge in [-0.25, -0.2) is 0 Å². The second-order valence-corrected chi connectivity index (χ2v) is 4.11. The van der Waals surface area contributed by atoms with E-state index in [2.05, 4.69) is 37.1 Å². The monoisotopic (exact) mass is 181 g/mol. The minimum Gasteiger partial charge on any atom is -0.310 e. The van der Waals surface area contributed by atoms with Gasteiger partial charge in [0, 0.05) is 31.2 Å². The van der Waals surface area contributed by atoms with Crippen molar-refractivity contribution in [3.8, 4) is 6.07 Å². The largest absolute Gasteiger partial charge is 0.310 e. The van der Waals surface area contributed by atoms with Crippen LogP contribution in [0.5, 0.6) is 0 Å². The summed E-state index contributed by atoms with van der Waals surface area (Å²) in [7, 11) is 0. The van der Waals surface area contributed by atoms with Crippen molar-refractivity contribution in [2.24, 2.45) is 0 Å². The van der Waals surface area contributed by atoms with Crippen LogP contribution in [0.25, 0.3) is 0 Å². The molecule has 2 unspecified atom stereocenters. The van der Waals surface area contributed by atoms with Gasteiger partial charge in [0.05, 0.1) is 12.5 Å². The molecule has 0 bridgehead atoms. The van der Waals surface area contributed by atoms with Gasteiger partial charge in [-0.05, 0) is 20.8 Å². The van der Waals surface area contributed by atoms with E-state index in [9.17, 15) is 0 Å². The lowest BCUT2D eigenvalue weighted by Gasteiger charge is -2.40. The highest BCUT2D eigenvalue weighted by molar-refractivity contribution is 4.90. The fourth-order valence-corrected chi connectivity index (χ4v) is 1.92. The molecule has 3 heteroatoms. The van der Waals surface area contributed by atoms with E-state index in [1.54, 1.807) is 0 Å². The molecular formula is C10H19N3.